The minimum atomic E-state index is 0.335. The summed E-state index contributed by atoms with van der Waals surface area (Å²) in [5.74, 6) is 0.920. The van der Waals surface area contributed by atoms with Crippen molar-refractivity contribution in [3.63, 3.8) is 0 Å². The summed E-state index contributed by atoms with van der Waals surface area (Å²) in [5, 5.41) is 0. The van der Waals surface area contributed by atoms with Gasteiger partial charge in [0.1, 0.15) is 0 Å². The first kappa shape index (κ1) is 11.2. The van der Waals surface area contributed by atoms with Crippen LogP contribution in [0.25, 0.3) is 0 Å². The second kappa shape index (κ2) is 4.21. The fraction of sp³-hybridized carbons (Fsp3) is 0.333. The van der Waals surface area contributed by atoms with E-state index in [1.165, 1.54) is 30.5 Å². The third-order valence-electron chi connectivity index (χ3n) is 4.86. The maximum Gasteiger partial charge on any atom is 0.0470 e. The van der Waals surface area contributed by atoms with Crippen LogP contribution in [-0.4, -0.2) is 11.4 Å². The zero-order valence-corrected chi connectivity index (χ0v) is 11.1. The van der Waals surface area contributed by atoms with Gasteiger partial charge in [0.25, 0.3) is 0 Å². The molecule has 3 aliphatic rings. The summed E-state index contributed by atoms with van der Waals surface area (Å²) >= 11 is 0. The molecule has 1 aliphatic carbocycles. The van der Waals surface area contributed by atoms with Gasteiger partial charge in [-0.15, -0.1) is 0 Å². The van der Waals surface area contributed by atoms with E-state index in [2.05, 4.69) is 65.6 Å². The Morgan fingerprint density at radius 3 is 2.21 bits per heavy atom. The number of nitrogens with zero attached hydrogens (tertiary/aromatic N) is 1. The molecule has 0 unspecified atom stereocenters. The molecule has 96 valence electrons. The van der Waals surface area contributed by atoms with Crippen LogP contribution in [0, 0.1) is 5.92 Å². The highest BCUT2D eigenvalue weighted by molar-refractivity contribution is 5.31. The van der Waals surface area contributed by atoms with Gasteiger partial charge in [-0.05, 0) is 29.9 Å². The summed E-state index contributed by atoms with van der Waals surface area (Å²) in [7, 11) is 0. The standard InChI is InChI=1S/C18H19N/c1-3-7-15(8-4-1)13-19-14-16-11-18(19,12-16)17-9-5-2-6-10-17/h1-10,16H,11-14H2. The Kier molecular flexibility index (Phi) is 2.49. The van der Waals surface area contributed by atoms with Crippen LogP contribution in [0.15, 0.2) is 60.7 Å². The zero-order valence-electron chi connectivity index (χ0n) is 11.1. The van der Waals surface area contributed by atoms with Gasteiger partial charge < -0.3 is 0 Å². The van der Waals surface area contributed by atoms with Gasteiger partial charge in [-0.3, -0.25) is 4.90 Å². The van der Waals surface area contributed by atoms with Crippen molar-refractivity contribution in [2.75, 3.05) is 6.54 Å². The van der Waals surface area contributed by atoms with Crippen molar-refractivity contribution >= 4 is 0 Å². The van der Waals surface area contributed by atoms with Crippen molar-refractivity contribution in [3.8, 4) is 0 Å². The summed E-state index contributed by atoms with van der Waals surface area (Å²) in [4.78, 5) is 2.70. The summed E-state index contributed by atoms with van der Waals surface area (Å²) in [6, 6.07) is 22.0. The van der Waals surface area contributed by atoms with Gasteiger partial charge in [-0.1, -0.05) is 60.7 Å². The molecular weight excluding hydrogens is 230 g/mol. The first-order valence-electron chi connectivity index (χ1n) is 7.21. The Hall–Kier alpha value is -1.60. The molecule has 3 fully saturated rings. The van der Waals surface area contributed by atoms with Crippen molar-refractivity contribution in [2.45, 2.75) is 24.9 Å². The maximum absolute atomic E-state index is 2.70. The van der Waals surface area contributed by atoms with Gasteiger partial charge in [0.05, 0.1) is 0 Å². The van der Waals surface area contributed by atoms with E-state index in [0.29, 0.717) is 5.54 Å². The highest BCUT2D eigenvalue weighted by Gasteiger charge is 2.56. The van der Waals surface area contributed by atoms with Crippen LogP contribution in [-0.2, 0) is 12.1 Å². The monoisotopic (exact) mass is 249 g/mol. The van der Waals surface area contributed by atoms with Gasteiger partial charge in [0.15, 0.2) is 0 Å². The summed E-state index contributed by atoms with van der Waals surface area (Å²) in [6.45, 7) is 2.36. The third kappa shape index (κ3) is 1.73. The summed E-state index contributed by atoms with van der Waals surface area (Å²) in [5.41, 5.74) is 3.28. The molecule has 2 aliphatic heterocycles. The molecule has 0 atom stereocenters. The lowest BCUT2D eigenvalue weighted by Crippen LogP contribution is -2.42. The molecule has 5 rings (SSSR count). The van der Waals surface area contributed by atoms with Crippen molar-refractivity contribution in [1.29, 1.82) is 0 Å². The van der Waals surface area contributed by atoms with Crippen molar-refractivity contribution in [2.24, 2.45) is 5.92 Å². The number of benzene rings is 2. The van der Waals surface area contributed by atoms with E-state index in [1.54, 1.807) is 0 Å². The average Bonchev–Trinajstić information content (AvgIpc) is 2.95. The van der Waals surface area contributed by atoms with Crippen molar-refractivity contribution in [3.05, 3.63) is 71.8 Å². The minimum Gasteiger partial charge on any atom is -0.289 e. The number of rotatable bonds is 3. The van der Waals surface area contributed by atoms with Crippen LogP contribution in [0.3, 0.4) is 0 Å². The van der Waals surface area contributed by atoms with Crippen molar-refractivity contribution < 1.29 is 0 Å². The molecule has 0 spiro atoms. The van der Waals surface area contributed by atoms with E-state index in [-0.39, 0.29) is 0 Å². The van der Waals surface area contributed by atoms with Gasteiger partial charge in [0.2, 0.25) is 0 Å². The van der Waals surface area contributed by atoms with Gasteiger partial charge >= 0.3 is 0 Å². The van der Waals surface area contributed by atoms with E-state index in [9.17, 15) is 0 Å². The Morgan fingerprint density at radius 2 is 1.53 bits per heavy atom. The summed E-state index contributed by atoms with van der Waals surface area (Å²) < 4.78 is 0. The predicted octanol–water partition coefficient (Wildman–Crippen LogP) is 3.81. The normalized spacial score (nSPS) is 29.2. The lowest BCUT2D eigenvalue weighted by molar-refractivity contribution is 0.1000. The maximum atomic E-state index is 2.70. The first-order valence-corrected chi connectivity index (χ1v) is 7.21. The van der Waals surface area contributed by atoms with Crippen LogP contribution in [0.4, 0.5) is 0 Å². The molecule has 0 amide bonds. The summed E-state index contributed by atoms with van der Waals surface area (Å²) in [6.07, 6.45) is 2.70. The largest absolute Gasteiger partial charge is 0.289 e. The molecule has 1 heteroatoms. The molecular formula is C18H19N. The smallest absolute Gasteiger partial charge is 0.0470 e. The molecule has 2 saturated heterocycles. The predicted molar refractivity (Wildman–Crippen MR) is 77.7 cm³/mol. The van der Waals surface area contributed by atoms with Crippen LogP contribution >= 0.6 is 0 Å². The fourth-order valence-electron chi connectivity index (χ4n) is 3.96. The molecule has 2 aromatic carbocycles. The third-order valence-corrected chi connectivity index (χ3v) is 4.86. The first-order chi connectivity index (χ1) is 9.37. The Bertz CT molecular complexity index is 555. The van der Waals surface area contributed by atoms with E-state index in [1.807, 2.05) is 0 Å². The van der Waals surface area contributed by atoms with Crippen LogP contribution < -0.4 is 0 Å². The SMILES string of the molecule is c1ccc(CN2CC3CC2(c2ccccc2)C3)cc1. The van der Waals surface area contributed by atoms with Crippen molar-refractivity contribution in [1.82, 2.24) is 4.90 Å². The topological polar surface area (TPSA) is 3.24 Å². The zero-order chi connectivity index (χ0) is 12.7. The molecule has 1 nitrogen and oxygen atoms in total. The second-order valence-electron chi connectivity index (χ2n) is 6.04. The fourth-order valence-corrected chi connectivity index (χ4v) is 3.96. The molecule has 2 heterocycles. The van der Waals surface area contributed by atoms with Gasteiger partial charge in [-0.2, -0.15) is 0 Å². The highest BCUT2D eigenvalue weighted by Crippen LogP contribution is 2.57. The average molecular weight is 249 g/mol. The number of fused-ring (bicyclic) bond motifs is 1. The van der Waals surface area contributed by atoms with E-state index in [0.717, 1.165) is 12.5 Å². The Balaban J connectivity index is 1.63. The lowest BCUT2D eigenvalue weighted by atomic mass is 9.69. The molecule has 0 aromatic heterocycles. The minimum absolute atomic E-state index is 0.335. The number of hydrogen-bond donors (Lipinski definition) is 0. The number of hydrogen-bond acceptors (Lipinski definition) is 1. The van der Waals surface area contributed by atoms with E-state index in [4.69, 9.17) is 0 Å². The van der Waals surface area contributed by atoms with Crippen LogP contribution in [0.1, 0.15) is 24.0 Å². The quantitative estimate of drug-likeness (QED) is 0.799. The van der Waals surface area contributed by atoms with Gasteiger partial charge in [-0.25, -0.2) is 0 Å². The van der Waals surface area contributed by atoms with Crippen LogP contribution in [0.5, 0.6) is 0 Å². The molecule has 2 bridgehead atoms. The highest BCUT2D eigenvalue weighted by atomic mass is 15.3. The molecule has 1 saturated carbocycles. The molecule has 2 aromatic rings. The van der Waals surface area contributed by atoms with Crippen LogP contribution in [0.2, 0.25) is 0 Å². The molecule has 19 heavy (non-hydrogen) atoms. The molecule has 0 radical (unpaired) electrons. The lowest BCUT2D eigenvalue weighted by Gasteiger charge is -2.43. The second-order valence-corrected chi connectivity index (χ2v) is 6.04. The van der Waals surface area contributed by atoms with E-state index >= 15 is 0 Å². The van der Waals surface area contributed by atoms with Gasteiger partial charge in [0, 0.05) is 18.6 Å². The Morgan fingerprint density at radius 1 is 0.895 bits per heavy atom. The van der Waals surface area contributed by atoms with E-state index < -0.39 is 0 Å². The Labute approximate surface area is 114 Å². The molecule has 0 N–H and O–H groups in total.